The first-order chi connectivity index (χ1) is 8.64. The number of hydrogen-bond acceptors (Lipinski definition) is 3. The molecule has 0 aromatic carbocycles. The van der Waals surface area contributed by atoms with Crippen molar-refractivity contribution in [2.24, 2.45) is 10.8 Å². The molecule has 0 N–H and O–H groups in total. The zero-order valence-corrected chi connectivity index (χ0v) is 13.6. The maximum absolute atomic E-state index is 12.5. The summed E-state index contributed by atoms with van der Waals surface area (Å²) in [6, 6.07) is 0. The van der Waals surface area contributed by atoms with Crippen molar-refractivity contribution >= 4 is 26.3 Å². The van der Waals surface area contributed by atoms with Crippen molar-refractivity contribution in [3.05, 3.63) is 0 Å². The van der Waals surface area contributed by atoms with Crippen LogP contribution in [0.15, 0.2) is 0 Å². The molecule has 0 spiro atoms. The van der Waals surface area contributed by atoms with E-state index < -0.39 is 17.7 Å². The molecule has 5 heteroatoms. The Hall–Kier alpha value is -0.570. The van der Waals surface area contributed by atoms with Crippen molar-refractivity contribution < 1.29 is 14.2 Å². The summed E-state index contributed by atoms with van der Waals surface area (Å²) in [5, 5.41) is 0. The van der Waals surface area contributed by atoms with E-state index in [2.05, 4.69) is 0 Å². The summed E-state index contributed by atoms with van der Waals surface area (Å²) in [6.45, 7) is 10.7. The molecule has 0 atom stereocenters. The Bertz CT molecular complexity index is 295. The molecule has 0 rings (SSSR count). The number of carbonyl (C=O) groups excluding carboxylic acids is 2. The fraction of sp³-hybridized carbons (Fsp3) is 0.857. The van der Waals surface area contributed by atoms with E-state index in [0.29, 0.717) is 0 Å². The largest absolute Gasteiger partial charge is 0.493 e. The highest BCUT2D eigenvalue weighted by Crippen LogP contribution is 2.29. The van der Waals surface area contributed by atoms with Crippen molar-refractivity contribution in [2.75, 3.05) is 0 Å². The van der Waals surface area contributed by atoms with Crippen LogP contribution in [0, 0.1) is 10.8 Å². The van der Waals surface area contributed by atoms with E-state index in [-0.39, 0.29) is 11.4 Å². The molecule has 0 amide bonds. The molecule has 0 fully saturated rings. The molecule has 0 aliphatic carbocycles. The normalized spacial score (nSPS) is 12.3. The predicted molar refractivity (Wildman–Crippen MR) is 82.8 cm³/mol. The van der Waals surface area contributed by atoms with Gasteiger partial charge >= 0.3 is 6.92 Å². The fourth-order valence-electron chi connectivity index (χ4n) is 2.54. The first kappa shape index (κ1) is 18.4. The van der Waals surface area contributed by atoms with E-state index in [1.807, 2.05) is 41.5 Å². The van der Waals surface area contributed by atoms with Crippen LogP contribution in [0.5, 0.6) is 0 Å². The van der Waals surface area contributed by atoms with Gasteiger partial charge in [0.15, 0.2) is 0 Å². The van der Waals surface area contributed by atoms with E-state index in [4.69, 9.17) is 4.57 Å². The Labute approximate surface area is 119 Å². The summed E-state index contributed by atoms with van der Waals surface area (Å²) < 4.78 is 5.24. The third-order valence-corrected chi connectivity index (χ3v) is 3.80. The molecular formula is C14H28B2O3. The lowest BCUT2D eigenvalue weighted by Crippen LogP contribution is -2.50. The Morgan fingerprint density at radius 3 is 1.47 bits per heavy atom. The molecule has 0 radical (unpaired) electrons. The van der Waals surface area contributed by atoms with Crippen molar-refractivity contribution in [2.45, 2.75) is 67.2 Å². The predicted octanol–water partition coefficient (Wildman–Crippen LogP) is 2.41. The lowest BCUT2D eigenvalue weighted by atomic mass is 9.46. The lowest BCUT2D eigenvalue weighted by Gasteiger charge is -2.30. The van der Waals surface area contributed by atoms with Crippen LogP contribution in [-0.4, -0.2) is 26.3 Å². The summed E-state index contributed by atoms with van der Waals surface area (Å²) in [5.41, 5.74) is -1.20. The van der Waals surface area contributed by atoms with Crippen molar-refractivity contribution in [1.29, 1.82) is 0 Å². The second-order valence-electron chi connectivity index (χ2n) is 6.61. The summed E-state index contributed by atoms with van der Waals surface area (Å²) in [7, 11) is 1.45. The Kier molecular flexibility index (Phi) is 7.06. The van der Waals surface area contributed by atoms with Gasteiger partial charge in [0.1, 0.15) is 11.4 Å². The minimum absolute atomic E-state index is 0.0916. The van der Waals surface area contributed by atoms with Crippen LogP contribution in [0.1, 0.15) is 67.2 Å². The monoisotopic (exact) mass is 266 g/mol. The SMILES string of the molecule is BOB(C(=O)C(C)(C)CCC)C(=O)C(C)(C)CCC. The van der Waals surface area contributed by atoms with Crippen LogP contribution in [0.4, 0.5) is 0 Å². The Morgan fingerprint density at radius 1 is 0.947 bits per heavy atom. The van der Waals surface area contributed by atoms with Gasteiger partial charge in [-0.1, -0.05) is 54.4 Å². The second kappa shape index (κ2) is 7.28. The first-order valence-corrected chi connectivity index (χ1v) is 7.25. The molecule has 0 saturated carbocycles. The molecule has 0 aromatic rings. The molecular weight excluding hydrogens is 238 g/mol. The molecule has 0 unspecified atom stereocenters. The standard InChI is InChI=1S/C14H28B2O3/c1-7-9-13(3,4)11(17)16(19-15)12(18)14(5,6)10-8-2/h7-10,15H2,1-6H3. The van der Waals surface area contributed by atoms with Gasteiger partial charge in [-0.25, -0.2) is 0 Å². The molecule has 19 heavy (non-hydrogen) atoms. The van der Waals surface area contributed by atoms with Crippen LogP contribution >= 0.6 is 0 Å². The molecule has 0 aliphatic rings. The highest BCUT2D eigenvalue weighted by molar-refractivity contribution is 7.09. The topological polar surface area (TPSA) is 43.4 Å². The molecule has 0 bridgehead atoms. The molecule has 108 valence electrons. The van der Waals surface area contributed by atoms with Gasteiger partial charge in [0.25, 0.3) is 0 Å². The lowest BCUT2D eigenvalue weighted by molar-refractivity contribution is -0.125. The third-order valence-electron chi connectivity index (χ3n) is 3.80. The van der Waals surface area contributed by atoms with Gasteiger partial charge in [0.2, 0.25) is 8.05 Å². The fourth-order valence-corrected chi connectivity index (χ4v) is 2.54. The van der Waals surface area contributed by atoms with Gasteiger partial charge < -0.3 is 14.2 Å². The third kappa shape index (κ3) is 4.79. The highest BCUT2D eigenvalue weighted by atomic mass is 16.4. The second-order valence-corrected chi connectivity index (χ2v) is 6.61. The van der Waals surface area contributed by atoms with Crippen molar-refractivity contribution in [3.63, 3.8) is 0 Å². The van der Waals surface area contributed by atoms with Crippen LogP contribution in [0.2, 0.25) is 0 Å². The zero-order valence-electron chi connectivity index (χ0n) is 13.6. The summed E-state index contributed by atoms with van der Waals surface area (Å²) in [4.78, 5) is 25.1. The quantitative estimate of drug-likeness (QED) is 0.602. The minimum Gasteiger partial charge on any atom is -0.493 e. The van der Waals surface area contributed by atoms with Crippen molar-refractivity contribution in [3.8, 4) is 0 Å². The van der Waals surface area contributed by atoms with Crippen LogP contribution in [0.25, 0.3) is 0 Å². The van der Waals surface area contributed by atoms with Crippen molar-refractivity contribution in [1.82, 2.24) is 0 Å². The van der Waals surface area contributed by atoms with E-state index in [1.54, 1.807) is 0 Å². The maximum Gasteiger partial charge on any atom is 0.428 e. The summed E-state index contributed by atoms with van der Waals surface area (Å²) >= 11 is 0. The average molecular weight is 266 g/mol. The Balaban J connectivity index is 5.12. The van der Waals surface area contributed by atoms with Gasteiger partial charge in [-0.2, -0.15) is 0 Å². The summed E-state index contributed by atoms with van der Waals surface area (Å²) in [6.07, 6.45) is 3.38. The van der Waals surface area contributed by atoms with Gasteiger partial charge in [0, 0.05) is 10.8 Å². The minimum atomic E-state index is -0.928. The molecule has 0 heterocycles. The molecule has 0 saturated heterocycles. The van der Waals surface area contributed by atoms with E-state index in [0.717, 1.165) is 25.7 Å². The van der Waals surface area contributed by atoms with Crippen LogP contribution in [-0.2, 0) is 14.2 Å². The maximum atomic E-state index is 12.5. The smallest absolute Gasteiger partial charge is 0.428 e. The van der Waals surface area contributed by atoms with Gasteiger partial charge in [0.05, 0.1) is 0 Å². The molecule has 0 aromatic heterocycles. The first-order valence-electron chi connectivity index (χ1n) is 7.25. The Morgan fingerprint density at radius 2 is 1.26 bits per heavy atom. The zero-order chi connectivity index (χ0) is 15.3. The summed E-state index contributed by atoms with van der Waals surface area (Å²) in [5.74, 6) is 0. The van der Waals surface area contributed by atoms with Gasteiger partial charge in [-0.3, -0.25) is 0 Å². The number of rotatable bonds is 9. The molecule has 3 nitrogen and oxygen atoms in total. The average Bonchev–Trinajstić information content (AvgIpc) is 2.29. The van der Waals surface area contributed by atoms with Gasteiger partial charge in [-0.15, -0.1) is 0 Å². The number of carbonyl (C=O) groups is 2. The van der Waals surface area contributed by atoms with E-state index >= 15 is 0 Å². The van der Waals surface area contributed by atoms with Gasteiger partial charge in [-0.05, 0) is 12.8 Å². The molecule has 0 aliphatic heterocycles. The highest BCUT2D eigenvalue weighted by Gasteiger charge is 2.46. The van der Waals surface area contributed by atoms with E-state index in [1.165, 1.54) is 8.05 Å². The van der Waals surface area contributed by atoms with Crippen LogP contribution in [0.3, 0.4) is 0 Å². The van der Waals surface area contributed by atoms with E-state index in [9.17, 15) is 9.59 Å². The number of hydrogen-bond donors (Lipinski definition) is 0. The van der Waals surface area contributed by atoms with Crippen LogP contribution < -0.4 is 0 Å².